The molecule has 17 heteroatoms. The van der Waals surface area contributed by atoms with Gasteiger partial charge in [0.25, 0.3) is 10.0 Å². The zero-order valence-electron chi connectivity index (χ0n) is 29.2. The predicted molar refractivity (Wildman–Crippen MR) is 186 cm³/mol. The minimum absolute atomic E-state index is 0.00648. The van der Waals surface area contributed by atoms with Crippen molar-refractivity contribution >= 4 is 27.6 Å². The molecule has 0 unspecified atom stereocenters. The molecular weight excluding hydrogens is 758 g/mol. The van der Waals surface area contributed by atoms with E-state index in [0.29, 0.717) is 17.9 Å². The number of carbonyl (C=O) groups excluding carboxylic acids is 1. The van der Waals surface area contributed by atoms with E-state index in [2.05, 4.69) is 4.74 Å². The summed E-state index contributed by atoms with van der Waals surface area (Å²) in [5, 5.41) is 10.5. The van der Waals surface area contributed by atoms with Crippen molar-refractivity contribution < 1.29 is 63.7 Å². The van der Waals surface area contributed by atoms with Crippen LogP contribution in [0.4, 0.5) is 32.0 Å². The molecule has 0 spiro atoms. The van der Waals surface area contributed by atoms with Crippen molar-refractivity contribution in [2.75, 3.05) is 18.0 Å². The topological polar surface area (TPSA) is 123 Å². The summed E-state index contributed by atoms with van der Waals surface area (Å²) in [6.45, 7) is -2.25. The van der Waals surface area contributed by atoms with Crippen LogP contribution in [0.3, 0.4) is 0 Å². The van der Waals surface area contributed by atoms with Crippen LogP contribution in [0.2, 0.25) is 0 Å². The number of aliphatic carboxylic acids is 1. The number of hydrogen-bond acceptors (Lipinski definition) is 7. The lowest BCUT2D eigenvalue weighted by Crippen LogP contribution is -2.58. The quantitative estimate of drug-likeness (QED) is 0.145. The molecule has 1 fully saturated rings. The van der Waals surface area contributed by atoms with Crippen molar-refractivity contribution in [2.45, 2.75) is 62.6 Å². The highest BCUT2D eigenvalue weighted by atomic mass is 32.2. The molecule has 0 saturated heterocycles. The molecule has 4 aromatic rings. The van der Waals surface area contributed by atoms with Crippen LogP contribution in [0.15, 0.2) is 89.8 Å². The summed E-state index contributed by atoms with van der Waals surface area (Å²) in [5.74, 6) is -2.43. The number of carboxylic acid groups (broad SMARTS) is 1. The first kappa shape index (κ1) is 39.2. The van der Waals surface area contributed by atoms with Crippen LogP contribution in [0.25, 0.3) is 11.1 Å². The molecule has 1 amide bonds. The van der Waals surface area contributed by atoms with Crippen LogP contribution in [-0.2, 0) is 32.3 Å². The zero-order chi connectivity index (χ0) is 39.9. The molecule has 1 atom stereocenters. The maximum absolute atomic E-state index is 14.5. The average Bonchev–Trinajstić information content (AvgIpc) is 3.10. The van der Waals surface area contributed by atoms with Crippen molar-refractivity contribution in [1.82, 2.24) is 4.90 Å². The van der Waals surface area contributed by atoms with Crippen LogP contribution in [0.1, 0.15) is 37.3 Å². The molecular formula is C38H34F6N2O8S. The lowest BCUT2D eigenvalue weighted by Gasteiger charge is -2.50. The van der Waals surface area contributed by atoms with Gasteiger partial charge in [0.2, 0.25) is 5.91 Å². The molecule has 6 rings (SSSR count). The van der Waals surface area contributed by atoms with Gasteiger partial charge in [-0.15, -0.1) is 0 Å². The van der Waals surface area contributed by atoms with Gasteiger partial charge in [-0.3, -0.25) is 13.9 Å². The number of hydrogen-bond donors (Lipinski definition) is 1. The van der Waals surface area contributed by atoms with E-state index in [0.717, 1.165) is 40.2 Å². The van der Waals surface area contributed by atoms with Crippen LogP contribution in [0.5, 0.6) is 17.2 Å². The van der Waals surface area contributed by atoms with Crippen molar-refractivity contribution in [3.05, 3.63) is 102 Å². The summed E-state index contributed by atoms with van der Waals surface area (Å²) in [7, 11) is -3.30. The van der Waals surface area contributed by atoms with Gasteiger partial charge in [-0.1, -0.05) is 24.3 Å². The number of carboxylic acids is 1. The van der Waals surface area contributed by atoms with Gasteiger partial charge in [0.15, 0.2) is 0 Å². The Morgan fingerprint density at radius 3 is 2.31 bits per heavy atom. The summed E-state index contributed by atoms with van der Waals surface area (Å²) in [4.78, 5) is 26.4. The average molecular weight is 793 g/mol. The zero-order valence-corrected chi connectivity index (χ0v) is 30.0. The molecule has 0 radical (unpaired) electrons. The first-order chi connectivity index (χ1) is 25.9. The number of carbonyl (C=O) groups is 2. The Morgan fingerprint density at radius 2 is 1.69 bits per heavy atom. The fourth-order valence-electron chi connectivity index (χ4n) is 7.04. The van der Waals surface area contributed by atoms with Crippen molar-refractivity contribution in [1.29, 1.82) is 0 Å². The third-order valence-corrected chi connectivity index (χ3v) is 11.5. The highest BCUT2D eigenvalue weighted by molar-refractivity contribution is 7.92. The molecule has 1 aliphatic heterocycles. The van der Waals surface area contributed by atoms with Gasteiger partial charge in [-0.25, -0.2) is 12.8 Å². The Bertz CT molecular complexity index is 2190. The molecule has 2 aliphatic rings. The number of amides is 1. The second kappa shape index (κ2) is 15.0. The van der Waals surface area contributed by atoms with Crippen LogP contribution < -0.4 is 18.5 Å². The van der Waals surface area contributed by atoms with E-state index in [1.54, 1.807) is 29.2 Å². The Hall–Kier alpha value is -5.45. The predicted octanol–water partition coefficient (Wildman–Crippen LogP) is 7.75. The SMILES string of the molecule is COc1ccc(CN(C(C)=O)C2CC(C[C@H]3CN(S(=O)(=O)c4cccc(C(F)(F)F)c4)c4cc(-c5cc(F)cc(OC(F)F)c5)ccc4O3)(C(=O)O)C2)cc1. The fourth-order valence-corrected chi connectivity index (χ4v) is 8.58. The maximum atomic E-state index is 14.5. The van der Waals surface area contributed by atoms with Gasteiger partial charge in [-0.2, -0.15) is 22.0 Å². The minimum Gasteiger partial charge on any atom is -0.497 e. The Balaban J connectivity index is 1.33. The number of alkyl halides is 5. The van der Waals surface area contributed by atoms with Crippen molar-refractivity contribution in [3.63, 3.8) is 0 Å². The van der Waals surface area contributed by atoms with E-state index in [4.69, 9.17) is 9.47 Å². The normalized spacial score (nSPS) is 19.5. The molecule has 10 nitrogen and oxygen atoms in total. The number of methoxy groups -OCH3 is 1. The summed E-state index contributed by atoms with van der Waals surface area (Å²) < 4.78 is 126. The van der Waals surface area contributed by atoms with Gasteiger partial charge in [0.05, 0.1) is 35.2 Å². The van der Waals surface area contributed by atoms with Gasteiger partial charge < -0.3 is 24.2 Å². The molecule has 55 heavy (non-hydrogen) atoms. The highest BCUT2D eigenvalue weighted by Crippen LogP contribution is 2.50. The fraction of sp³-hybridized carbons (Fsp3) is 0.316. The lowest BCUT2D eigenvalue weighted by molar-refractivity contribution is -0.166. The van der Waals surface area contributed by atoms with Gasteiger partial charge >= 0.3 is 18.8 Å². The number of anilines is 1. The molecule has 1 aliphatic carbocycles. The molecule has 1 N–H and O–H groups in total. The second-order valence-electron chi connectivity index (χ2n) is 13.4. The number of halogens is 6. The third kappa shape index (κ3) is 8.30. The van der Waals surface area contributed by atoms with Crippen molar-refractivity contribution in [3.8, 4) is 28.4 Å². The number of rotatable bonds is 12. The van der Waals surface area contributed by atoms with E-state index in [1.165, 1.54) is 32.2 Å². The van der Waals surface area contributed by atoms with Crippen molar-refractivity contribution in [2.24, 2.45) is 5.41 Å². The number of nitrogens with zero attached hydrogens (tertiary/aromatic N) is 2. The minimum atomic E-state index is -4.88. The molecule has 1 saturated carbocycles. The number of fused-ring (bicyclic) bond motifs is 1. The maximum Gasteiger partial charge on any atom is 0.416 e. The molecule has 292 valence electrons. The first-order valence-electron chi connectivity index (χ1n) is 16.8. The lowest BCUT2D eigenvalue weighted by atomic mass is 9.62. The van der Waals surface area contributed by atoms with E-state index in [1.807, 2.05) is 0 Å². The summed E-state index contributed by atoms with van der Waals surface area (Å²) >= 11 is 0. The number of benzene rings is 4. The monoisotopic (exact) mass is 792 g/mol. The van der Waals surface area contributed by atoms with Crippen LogP contribution in [0, 0.1) is 11.2 Å². The number of ether oxygens (including phenoxy) is 3. The van der Waals surface area contributed by atoms with Crippen LogP contribution in [-0.4, -0.2) is 62.7 Å². The smallest absolute Gasteiger partial charge is 0.416 e. The molecule has 0 aromatic heterocycles. The molecule has 0 bridgehead atoms. The third-order valence-electron chi connectivity index (χ3n) is 9.75. The van der Waals surface area contributed by atoms with Gasteiger partial charge in [-0.05, 0) is 84.1 Å². The van der Waals surface area contributed by atoms with Gasteiger partial charge in [0, 0.05) is 32.0 Å². The summed E-state index contributed by atoms with van der Waals surface area (Å²) in [6.07, 6.45) is -6.24. The molecule has 4 aromatic carbocycles. The van der Waals surface area contributed by atoms with Gasteiger partial charge in [0.1, 0.15) is 29.2 Å². The Labute approximate surface area is 311 Å². The standard InChI is InChI=1S/C38H34F6N2O8S/c1-22(47)45(20-23-6-9-29(52-2)10-7-23)28-17-37(18-28,35(48)49)19-31-21-46(55(50,51)32-5-3-4-26(15-32)38(42,43)44)33-14-24(8-11-34(33)53-31)25-12-27(39)16-30(13-25)54-36(40)41/h3-16,28,31,36H,17-21H2,1-2H3,(H,48,49)/t28?,31-,37?/m0/s1. The Morgan fingerprint density at radius 1 is 0.982 bits per heavy atom. The summed E-state index contributed by atoms with van der Waals surface area (Å²) in [6, 6.07) is 16.4. The summed E-state index contributed by atoms with van der Waals surface area (Å²) in [5.41, 5.74) is -1.96. The number of sulfonamides is 1. The second-order valence-corrected chi connectivity index (χ2v) is 15.2. The largest absolute Gasteiger partial charge is 0.497 e. The van der Waals surface area contributed by atoms with E-state index in [9.17, 15) is 49.5 Å². The Kier molecular flexibility index (Phi) is 10.7. The van der Waals surface area contributed by atoms with E-state index in [-0.39, 0.29) is 54.3 Å². The molecule has 1 heterocycles. The van der Waals surface area contributed by atoms with E-state index >= 15 is 0 Å². The first-order valence-corrected chi connectivity index (χ1v) is 18.2. The van der Waals surface area contributed by atoms with Crippen LogP contribution >= 0.6 is 0 Å². The highest BCUT2D eigenvalue weighted by Gasteiger charge is 2.55. The van der Waals surface area contributed by atoms with E-state index < -0.39 is 74.9 Å².